The largest absolute Gasteiger partial charge is 0.481 e. The zero-order chi connectivity index (χ0) is 30.4. The van der Waals surface area contributed by atoms with Crippen molar-refractivity contribution in [3.63, 3.8) is 0 Å². The highest BCUT2D eigenvalue weighted by atomic mass is 19.4. The Morgan fingerprint density at radius 3 is 2.48 bits per heavy atom. The Labute approximate surface area is 240 Å². The summed E-state index contributed by atoms with van der Waals surface area (Å²) in [6.07, 6.45) is -3.49. The lowest BCUT2D eigenvalue weighted by molar-refractivity contribution is -0.139. The Kier molecular flexibility index (Phi) is 9.38. The molecule has 0 unspecified atom stereocenters. The van der Waals surface area contributed by atoms with Crippen LogP contribution in [0, 0.1) is 0 Å². The summed E-state index contributed by atoms with van der Waals surface area (Å²) in [4.78, 5) is 19.7. The van der Waals surface area contributed by atoms with Gasteiger partial charge in [-0.15, -0.1) is 0 Å². The van der Waals surface area contributed by atoms with Gasteiger partial charge in [-0.2, -0.15) is 23.3 Å². The Morgan fingerprint density at radius 1 is 1.07 bits per heavy atom. The van der Waals surface area contributed by atoms with Crippen molar-refractivity contribution in [1.29, 1.82) is 0 Å². The van der Waals surface area contributed by atoms with Crippen LogP contribution in [0.1, 0.15) is 49.4 Å². The van der Waals surface area contributed by atoms with Crippen molar-refractivity contribution >= 4 is 23.7 Å². The van der Waals surface area contributed by atoms with Gasteiger partial charge in [0.2, 0.25) is 5.95 Å². The van der Waals surface area contributed by atoms with Gasteiger partial charge in [0, 0.05) is 35.5 Å². The second-order valence-electron chi connectivity index (χ2n) is 9.94. The van der Waals surface area contributed by atoms with Crippen LogP contribution in [0.5, 0.6) is 0 Å². The molecule has 0 bridgehead atoms. The third kappa shape index (κ3) is 7.59. The molecule has 0 aliphatic rings. The molecule has 0 radical (unpaired) electrons. The lowest BCUT2D eigenvalue weighted by Gasteiger charge is -2.13. The van der Waals surface area contributed by atoms with E-state index in [2.05, 4.69) is 15.3 Å². The quantitative estimate of drug-likeness (QED) is 0.174. The van der Waals surface area contributed by atoms with Crippen molar-refractivity contribution in [2.24, 2.45) is 0 Å². The first-order valence-corrected chi connectivity index (χ1v) is 13.1. The number of aliphatic hydroxyl groups is 2. The van der Waals surface area contributed by atoms with Crippen LogP contribution < -0.4 is 5.32 Å². The lowest BCUT2D eigenvalue weighted by Crippen LogP contribution is -2.19. The van der Waals surface area contributed by atoms with E-state index in [4.69, 9.17) is 10.2 Å². The predicted molar refractivity (Wildman–Crippen MR) is 151 cm³/mol. The summed E-state index contributed by atoms with van der Waals surface area (Å²) < 4.78 is 42.5. The molecule has 0 fully saturated rings. The number of halogens is 3. The van der Waals surface area contributed by atoms with Gasteiger partial charge < -0.3 is 20.6 Å². The first-order chi connectivity index (χ1) is 19.9. The molecule has 4 rings (SSSR count). The van der Waals surface area contributed by atoms with Gasteiger partial charge in [0.1, 0.15) is 0 Å². The molecule has 2 atom stereocenters. The molecule has 0 spiro atoms. The van der Waals surface area contributed by atoms with E-state index in [1.54, 1.807) is 6.07 Å². The van der Waals surface area contributed by atoms with Crippen LogP contribution >= 0.6 is 0 Å². The molecule has 220 valence electrons. The van der Waals surface area contributed by atoms with Gasteiger partial charge in [-0.25, -0.2) is 9.67 Å². The summed E-state index contributed by atoms with van der Waals surface area (Å²) >= 11 is 0. The van der Waals surface area contributed by atoms with Gasteiger partial charge in [0.25, 0.3) is 0 Å². The topological polar surface area (TPSA) is 133 Å². The molecule has 0 saturated heterocycles. The van der Waals surface area contributed by atoms with E-state index in [-0.39, 0.29) is 29.7 Å². The van der Waals surface area contributed by atoms with Crippen LogP contribution in [0.25, 0.3) is 23.2 Å². The van der Waals surface area contributed by atoms with Crippen LogP contribution in [0.15, 0.2) is 72.9 Å². The minimum atomic E-state index is -4.59. The molecular weight excluding hydrogens is 551 g/mol. The second kappa shape index (κ2) is 13.0. The number of hydrogen-bond donors (Lipinski definition) is 4. The molecule has 0 amide bonds. The van der Waals surface area contributed by atoms with E-state index in [9.17, 15) is 28.2 Å². The Balaban J connectivity index is 1.85. The fourth-order valence-corrected chi connectivity index (χ4v) is 4.35. The molecule has 42 heavy (non-hydrogen) atoms. The fourth-order valence-electron chi connectivity index (χ4n) is 4.35. The third-order valence-corrected chi connectivity index (χ3v) is 6.26. The van der Waals surface area contributed by atoms with Gasteiger partial charge in [-0.05, 0) is 30.2 Å². The molecule has 0 aliphatic heterocycles. The number of aliphatic hydroxyl groups excluding tert-OH is 2. The van der Waals surface area contributed by atoms with Gasteiger partial charge >= 0.3 is 12.1 Å². The maximum Gasteiger partial charge on any atom is 0.416 e. The van der Waals surface area contributed by atoms with Crippen LogP contribution in [0.3, 0.4) is 0 Å². The van der Waals surface area contributed by atoms with Gasteiger partial charge in [-0.1, -0.05) is 56.3 Å². The number of alkyl halides is 3. The van der Waals surface area contributed by atoms with E-state index in [0.29, 0.717) is 17.0 Å². The Morgan fingerprint density at radius 2 is 1.81 bits per heavy atom. The standard InChI is InChI=1S/C30H30F3N5O4/c1-18(2)27-24(12-11-22(39)16-23(40)17-26(41)42)28(19-7-6-8-20(15-19)30(31,32)33)38(37-27)25-13-14-34-29(36-25)35-21-9-4-3-5-10-21/h3-15,18,22-23,39-40H,16-17H2,1-2H3,(H,41,42)(H,34,35,36)/b12-11+/t22-,23-/m1/s1. The van der Waals surface area contributed by atoms with Crippen molar-refractivity contribution in [1.82, 2.24) is 19.7 Å². The zero-order valence-corrected chi connectivity index (χ0v) is 22.8. The summed E-state index contributed by atoms with van der Waals surface area (Å²) in [6.45, 7) is 3.74. The molecule has 12 heteroatoms. The number of anilines is 2. The van der Waals surface area contributed by atoms with Crippen molar-refractivity contribution in [3.8, 4) is 17.1 Å². The minimum absolute atomic E-state index is 0.186. The van der Waals surface area contributed by atoms with E-state index < -0.39 is 36.3 Å². The highest BCUT2D eigenvalue weighted by Gasteiger charge is 2.31. The van der Waals surface area contributed by atoms with E-state index in [1.807, 2.05) is 44.2 Å². The number of aromatic nitrogens is 4. The number of carboxylic acid groups (broad SMARTS) is 1. The Hall–Kier alpha value is -4.55. The average Bonchev–Trinajstić information content (AvgIpc) is 3.32. The molecule has 4 aromatic rings. The molecule has 2 aromatic carbocycles. The zero-order valence-electron chi connectivity index (χ0n) is 22.8. The maximum absolute atomic E-state index is 13.7. The summed E-state index contributed by atoms with van der Waals surface area (Å²) in [5.41, 5.74) is 1.35. The highest BCUT2D eigenvalue weighted by molar-refractivity contribution is 5.76. The Bertz CT molecular complexity index is 1550. The van der Waals surface area contributed by atoms with Crippen molar-refractivity contribution in [2.45, 2.75) is 51.0 Å². The summed E-state index contributed by atoms with van der Waals surface area (Å²) in [6, 6.07) is 15.6. The lowest BCUT2D eigenvalue weighted by atomic mass is 9.97. The molecular formula is C30H30F3N5O4. The number of benzene rings is 2. The fraction of sp³-hybridized carbons (Fsp3) is 0.267. The SMILES string of the molecule is CC(C)c1nn(-c2ccnc(Nc3ccccc3)n2)c(-c2cccc(C(F)(F)F)c2)c1/C=C/[C@@H](O)C[C@@H](O)CC(=O)O. The number of aliphatic carboxylic acids is 1. The smallest absolute Gasteiger partial charge is 0.416 e. The number of carbonyl (C=O) groups is 1. The molecule has 0 aliphatic carbocycles. The summed E-state index contributed by atoms with van der Waals surface area (Å²) in [5.74, 6) is -0.862. The molecule has 2 heterocycles. The van der Waals surface area contributed by atoms with Crippen molar-refractivity contribution < 1.29 is 33.3 Å². The molecule has 4 N–H and O–H groups in total. The summed E-state index contributed by atoms with van der Waals surface area (Å²) in [5, 5.41) is 37.1. The van der Waals surface area contributed by atoms with Crippen LogP contribution in [-0.2, 0) is 11.0 Å². The molecule has 9 nitrogen and oxygen atoms in total. The van der Waals surface area contributed by atoms with Crippen molar-refractivity contribution in [3.05, 3.63) is 89.8 Å². The van der Waals surface area contributed by atoms with Gasteiger partial charge in [0.15, 0.2) is 5.82 Å². The number of hydrogen-bond acceptors (Lipinski definition) is 7. The average molecular weight is 582 g/mol. The molecule has 2 aromatic heterocycles. The monoisotopic (exact) mass is 581 g/mol. The van der Waals surface area contributed by atoms with Crippen LogP contribution in [0.4, 0.5) is 24.8 Å². The normalized spacial score (nSPS) is 13.4. The highest BCUT2D eigenvalue weighted by Crippen LogP contribution is 2.37. The number of para-hydroxylation sites is 1. The minimum Gasteiger partial charge on any atom is -0.481 e. The number of nitrogens with one attached hydrogen (secondary N) is 1. The van der Waals surface area contributed by atoms with E-state index in [1.165, 1.54) is 35.2 Å². The van der Waals surface area contributed by atoms with Gasteiger partial charge in [-0.3, -0.25) is 4.79 Å². The molecule has 0 saturated carbocycles. The first kappa shape index (κ1) is 30.4. The first-order valence-electron chi connectivity index (χ1n) is 13.1. The van der Waals surface area contributed by atoms with E-state index in [0.717, 1.165) is 17.8 Å². The second-order valence-corrected chi connectivity index (χ2v) is 9.94. The van der Waals surface area contributed by atoms with E-state index >= 15 is 0 Å². The number of carboxylic acids is 1. The van der Waals surface area contributed by atoms with Gasteiger partial charge in [0.05, 0.1) is 35.6 Å². The third-order valence-electron chi connectivity index (χ3n) is 6.26. The van der Waals surface area contributed by atoms with Crippen molar-refractivity contribution in [2.75, 3.05) is 5.32 Å². The maximum atomic E-state index is 13.7. The van der Waals surface area contributed by atoms with Crippen LogP contribution in [0.2, 0.25) is 0 Å². The predicted octanol–water partition coefficient (Wildman–Crippen LogP) is 5.81. The number of nitrogens with zero attached hydrogens (tertiary/aromatic N) is 4. The van der Waals surface area contributed by atoms with Crippen LogP contribution in [-0.4, -0.2) is 53.2 Å². The number of rotatable bonds is 11. The summed E-state index contributed by atoms with van der Waals surface area (Å²) in [7, 11) is 0.